The number of aliphatic imine (C=N–C) groups is 1. The second-order valence-electron chi connectivity index (χ2n) is 6.89. The van der Waals surface area contributed by atoms with Gasteiger partial charge >= 0.3 is 11.9 Å². The van der Waals surface area contributed by atoms with E-state index in [1.165, 1.54) is 20.6 Å². The van der Waals surface area contributed by atoms with Crippen molar-refractivity contribution in [2.24, 2.45) is 4.99 Å². The summed E-state index contributed by atoms with van der Waals surface area (Å²) in [5.41, 5.74) is -0.337. The number of ether oxygens (including phenoxy) is 3. The van der Waals surface area contributed by atoms with Gasteiger partial charge in [0.1, 0.15) is 11.1 Å². The highest BCUT2D eigenvalue weighted by Crippen LogP contribution is 2.44. The molecule has 1 heterocycles. The highest BCUT2D eigenvalue weighted by atomic mass is 79.9. The Morgan fingerprint density at radius 2 is 1.75 bits per heavy atom. The van der Waals surface area contributed by atoms with Crippen molar-refractivity contribution in [1.82, 2.24) is 0 Å². The van der Waals surface area contributed by atoms with Gasteiger partial charge in [-0.1, -0.05) is 65.5 Å². The van der Waals surface area contributed by atoms with Crippen LogP contribution < -0.4 is 0 Å². The van der Waals surface area contributed by atoms with E-state index in [9.17, 15) is 9.59 Å². The fourth-order valence-corrected chi connectivity index (χ4v) is 4.50. The molecule has 150 valence electrons. The number of alkyl halides is 1. The maximum atomic E-state index is 12.8. The van der Waals surface area contributed by atoms with Gasteiger partial charge in [0.25, 0.3) is 0 Å². The van der Waals surface area contributed by atoms with E-state index in [1.807, 2.05) is 30.3 Å². The maximum absolute atomic E-state index is 12.8. The van der Waals surface area contributed by atoms with Crippen molar-refractivity contribution < 1.29 is 23.8 Å². The molecule has 0 N–H and O–H groups in total. The Labute approximate surface area is 173 Å². The van der Waals surface area contributed by atoms with Crippen LogP contribution in [-0.2, 0) is 29.4 Å². The van der Waals surface area contributed by atoms with Crippen molar-refractivity contribution in [3.8, 4) is 0 Å². The molecule has 28 heavy (non-hydrogen) atoms. The second kappa shape index (κ2) is 8.90. The van der Waals surface area contributed by atoms with Crippen LogP contribution in [0.3, 0.4) is 0 Å². The summed E-state index contributed by atoms with van der Waals surface area (Å²) >= 11 is 3.49. The lowest BCUT2D eigenvalue weighted by molar-refractivity contribution is -0.139. The van der Waals surface area contributed by atoms with E-state index < -0.39 is 17.5 Å². The molecule has 0 aromatic heterocycles. The Morgan fingerprint density at radius 3 is 2.32 bits per heavy atom. The Hall–Kier alpha value is -2.15. The van der Waals surface area contributed by atoms with Gasteiger partial charge in [0.05, 0.1) is 25.6 Å². The lowest BCUT2D eigenvalue weighted by Crippen LogP contribution is -2.35. The molecule has 0 bridgehead atoms. The van der Waals surface area contributed by atoms with Crippen LogP contribution in [0.1, 0.15) is 37.7 Å². The molecular weight excluding hydrogens is 426 g/mol. The quantitative estimate of drug-likeness (QED) is 0.506. The van der Waals surface area contributed by atoms with Gasteiger partial charge in [-0.3, -0.25) is 0 Å². The molecule has 1 saturated carbocycles. The number of nitrogens with zero attached hydrogens (tertiary/aromatic N) is 1. The Bertz CT molecular complexity index is 798. The predicted octanol–water partition coefficient (Wildman–Crippen LogP) is 3.68. The minimum Gasteiger partial charge on any atom is -0.466 e. The fraction of sp³-hybridized carbons (Fsp3) is 0.476. The fourth-order valence-electron chi connectivity index (χ4n) is 3.79. The zero-order valence-corrected chi connectivity index (χ0v) is 17.7. The molecule has 1 aliphatic heterocycles. The van der Waals surface area contributed by atoms with Gasteiger partial charge in [-0.05, 0) is 12.8 Å². The van der Waals surface area contributed by atoms with Gasteiger partial charge in [-0.25, -0.2) is 14.6 Å². The number of esters is 2. The molecule has 3 rings (SSSR count). The summed E-state index contributed by atoms with van der Waals surface area (Å²) in [6.45, 7) is 0. The first-order chi connectivity index (χ1) is 13.6. The maximum Gasteiger partial charge on any atom is 0.344 e. The van der Waals surface area contributed by atoms with E-state index >= 15 is 0 Å². The molecule has 7 heteroatoms. The molecule has 1 aromatic carbocycles. The average molecular weight is 450 g/mol. The Morgan fingerprint density at radius 1 is 1.11 bits per heavy atom. The number of carbonyl (C=O) groups is 2. The van der Waals surface area contributed by atoms with Crippen molar-refractivity contribution in [1.29, 1.82) is 0 Å². The normalized spacial score (nSPS) is 24.2. The summed E-state index contributed by atoms with van der Waals surface area (Å²) < 4.78 is 16.3. The molecular formula is C21H24BrNO5. The van der Waals surface area contributed by atoms with Crippen molar-refractivity contribution in [2.45, 2.75) is 43.7 Å². The van der Waals surface area contributed by atoms with Gasteiger partial charge < -0.3 is 14.2 Å². The molecule has 0 amide bonds. The van der Waals surface area contributed by atoms with Gasteiger partial charge in [0.2, 0.25) is 5.90 Å². The van der Waals surface area contributed by atoms with Crippen LogP contribution in [0, 0.1) is 0 Å². The average Bonchev–Trinajstić information content (AvgIpc) is 3.09. The lowest BCUT2D eigenvalue weighted by atomic mass is 9.86. The van der Waals surface area contributed by atoms with Crippen LogP contribution in [0.2, 0.25) is 0 Å². The van der Waals surface area contributed by atoms with E-state index in [2.05, 4.69) is 15.9 Å². The monoisotopic (exact) mass is 449 g/mol. The summed E-state index contributed by atoms with van der Waals surface area (Å²) in [7, 11) is 2.56. The van der Waals surface area contributed by atoms with E-state index in [0.29, 0.717) is 0 Å². The molecule has 0 radical (unpaired) electrons. The van der Waals surface area contributed by atoms with Crippen LogP contribution in [0.5, 0.6) is 0 Å². The molecule has 0 saturated heterocycles. The van der Waals surface area contributed by atoms with Crippen molar-refractivity contribution >= 4 is 33.8 Å². The summed E-state index contributed by atoms with van der Waals surface area (Å²) in [4.78, 5) is 30.2. The smallest absolute Gasteiger partial charge is 0.344 e. The highest BCUT2D eigenvalue weighted by Gasteiger charge is 2.53. The number of hydrogen-bond donors (Lipinski definition) is 0. The molecule has 6 nitrogen and oxygen atoms in total. The van der Waals surface area contributed by atoms with E-state index in [-0.39, 0.29) is 28.4 Å². The van der Waals surface area contributed by atoms with Gasteiger partial charge in [0, 0.05) is 5.56 Å². The second-order valence-corrected chi connectivity index (χ2v) is 7.45. The minimum absolute atomic E-state index is 0.0447. The standard InChI is InChI=1S/C21H24BrNO5/c1-26-19(24)16-17(20(25)27-2)21(13-22,14-9-5-3-6-10-14)28-18(16)23-15-11-7-4-8-12-15/h3,5-6,9-10,15H,4,7-8,11-13H2,1-2H3/t21-/m1/s1. The summed E-state index contributed by atoms with van der Waals surface area (Å²) in [6.07, 6.45) is 5.23. The first kappa shape index (κ1) is 20.6. The molecule has 0 unspecified atom stereocenters. The third-order valence-corrected chi connectivity index (χ3v) is 6.01. The van der Waals surface area contributed by atoms with Crippen LogP contribution >= 0.6 is 15.9 Å². The van der Waals surface area contributed by atoms with Crippen molar-refractivity contribution in [2.75, 3.05) is 19.5 Å². The number of carbonyl (C=O) groups excluding carboxylic acids is 2. The SMILES string of the molecule is COC(=O)C1=C(C(=O)OC)[C@@](CBr)(c2ccccc2)OC1=NC1CCCCC1. The summed E-state index contributed by atoms with van der Waals surface area (Å²) in [5.74, 6) is -1.14. The number of methoxy groups -OCH3 is 2. The van der Waals surface area contributed by atoms with Gasteiger partial charge in [-0.15, -0.1) is 0 Å². The molecule has 2 aliphatic rings. The topological polar surface area (TPSA) is 74.2 Å². The first-order valence-corrected chi connectivity index (χ1v) is 10.5. The molecule has 1 aromatic rings. The number of halogens is 1. The number of hydrogen-bond acceptors (Lipinski definition) is 6. The lowest BCUT2D eigenvalue weighted by Gasteiger charge is -2.29. The van der Waals surface area contributed by atoms with E-state index in [4.69, 9.17) is 19.2 Å². The Balaban J connectivity index is 2.20. The molecule has 1 atom stereocenters. The molecule has 1 aliphatic carbocycles. The zero-order chi connectivity index (χ0) is 20.1. The predicted molar refractivity (Wildman–Crippen MR) is 108 cm³/mol. The third kappa shape index (κ3) is 3.72. The van der Waals surface area contributed by atoms with E-state index in [0.717, 1.165) is 31.2 Å². The molecule has 0 spiro atoms. The first-order valence-electron chi connectivity index (χ1n) is 9.37. The van der Waals surface area contributed by atoms with Gasteiger partial charge in [-0.2, -0.15) is 0 Å². The minimum atomic E-state index is -1.22. The van der Waals surface area contributed by atoms with Crippen molar-refractivity contribution in [3.05, 3.63) is 47.0 Å². The third-order valence-electron chi connectivity index (χ3n) is 5.22. The van der Waals surface area contributed by atoms with Crippen molar-refractivity contribution in [3.63, 3.8) is 0 Å². The largest absolute Gasteiger partial charge is 0.466 e. The number of rotatable bonds is 5. The summed E-state index contributed by atoms with van der Waals surface area (Å²) in [6, 6.07) is 9.34. The van der Waals surface area contributed by atoms with Crippen LogP contribution in [-0.4, -0.2) is 43.4 Å². The zero-order valence-electron chi connectivity index (χ0n) is 16.1. The number of benzene rings is 1. The summed E-state index contributed by atoms with van der Waals surface area (Å²) in [5, 5.41) is 0.249. The molecule has 1 fully saturated rings. The van der Waals surface area contributed by atoms with Crippen LogP contribution in [0.25, 0.3) is 0 Å². The highest BCUT2D eigenvalue weighted by molar-refractivity contribution is 9.09. The van der Waals surface area contributed by atoms with Gasteiger partial charge in [0.15, 0.2) is 5.60 Å². The van der Waals surface area contributed by atoms with Crippen LogP contribution in [0.4, 0.5) is 0 Å². The van der Waals surface area contributed by atoms with Crippen LogP contribution in [0.15, 0.2) is 46.5 Å². The Kier molecular flexibility index (Phi) is 6.54. The van der Waals surface area contributed by atoms with E-state index in [1.54, 1.807) is 0 Å².